The smallest absolute Gasteiger partial charge is 0.335 e. The number of aromatic nitrogens is 1. The van der Waals surface area contributed by atoms with Gasteiger partial charge in [-0.2, -0.15) is 0 Å². The van der Waals surface area contributed by atoms with Gasteiger partial charge in [-0.3, -0.25) is 4.79 Å². The highest BCUT2D eigenvalue weighted by atomic mass is 16.5. The molecule has 0 bridgehead atoms. The van der Waals surface area contributed by atoms with Crippen LogP contribution in [0.4, 0.5) is 0 Å². The van der Waals surface area contributed by atoms with Crippen LogP contribution < -0.4 is 10.1 Å². The Hall–Kier alpha value is -2.93. The molecule has 0 atom stereocenters. The molecule has 0 aliphatic heterocycles. The zero-order chi connectivity index (χ0) is 18.1. The first kappa shape index (κ1) is 18.4. The number of nitrogens with zero attached hydrogens (tertiary/aromatic N) is 1. The summed E-state index contributed by atoms with van der Waals surface area (Å²) in [7, 11) is 1.58. The highest BCUT2D eigenvalue weighted by Crippen LogP contribution is 2.09. The molecule has 7 heteroatoms. The zero-order valence-electron chi connectivity index (χ0n) is 13.9. The molecule has 25 heavy (non-hydrogen) atoms. The monoisotopic (exact) mass is 344 g/mol. The number of benzene rings is 1. The first-order chi connectivity index (χ1) is 12.1. The van der Waals surface area contributed by atoms with Crippen LogP contribution in [0.15, 0.2) is 42.6 Å². The molecule has 0 saturated carbocycles. The number of carboxylic acids is 1. The second-order valence-electron chi connectivity index (χ2n) is 5.23. The molecule has 0 radical (unpaired) electrons. The predicted molar refractivity (Wildman–Crippen MR) is 91.0 cm³/mol. The van der Waals surface area contributed by atoms with Crippen LogP contribution in [0.1, 0.15) is 26.3 Å². The van der Waals surface area contributed by atoms with E-state index >= 15 is 0 Å². The number of carboxylic acid groups (broad SMARTS) is 1. The van der Waals surface area contributed by atoms with Gasteiger partial charge in [-0.25, -0.2) is 9.78 Å². The van der Waals surface area contributed by atoms with Crippen LogP contribution in [0.25, 0.3) is 0 Å². The second kappa shape index (κ2) is 9.39. The van der Waals surface area contributed by atoms with E-state index in [-0.39, 0.29) is 11.5 Å². The number of ether oxygens (including phenoxy) is 2. The molecule has 0 aliphatic carbocycles. The van der Waals surface area contributed by atoms with Crippen LogP contribution in [0.2, 0.25) is 0 Å². The number of rotatable bonds is 9. The largest absolute Gasteiger partial charge is 0.478 e. The molecule has 0 saturated heterocycles. The molecule has 0 aliphatic rings. The Morgan fingerprint density at radius 2 is 1.88 bits per heavy atom. The Labute approximate surface area is 145 Å². The van der Waals surface area contributed by atoms with Crippen molar-refractivity contribution in [1.29, 1.82) is 0 Å². The van der Waals surface area contributed by atoms with Crippen molar-refractivity contribution in [3.63, 3.8) is 0 Å². The maximum atomic E-state index is 12.2. The standard InChI is InChI=1S/C18H20N2O5/c1-24-10-11-25-16-12-15(7-9-19-16)17(21)20-8-6-13-2-4-14(5-3-13)18(22)23/h2-5,7,9,12H,6,8,10-11H2,1H3,(H,20,21)(H,22,23). The summed E-state index contributed by atoms with van der Waals surface area (Å²) < 4.78 is 10.3. The summed E-state index contributed by atoms with van der Waals surface area (Å²) in [5.74, 6) is -0.809. The Kier molecular flexibility index (Phi) is 6.91. The van der Waals surface area contributed by atoms with Crippen LogP contribution >= 0.6 is 0 Å². The quantitative estimate of drug-likeness (QED) is 0.673. The van der Waals surface area contributed by atoms with E-state index in [9.17, 15) is 9.59 Å². The highest BCUT2D eigenvalue weighted by Gasteiger charge is 2.08. The van der Waals surface area contributed by atoms with E-state index in [0.717, 1.165) is 5.56 Å². The lowest BCUT2D eigenvalue weighted by Crippen LogP contribution is -2.25. The second-order valence-corrected chi connectivity index (χ2v) is 5.23. The van der Waals surface area contributed by atoms with Crippen LogP contribution in [0.5, 0.6) is 5.88 Å². The minimum atomic E-state index is -0.957. The maximum Gasteiger partial charge on any atom is 0.335 e. The molecule has 0 fully saturated rings. The number of amides is 1. The number of pyridine rings is 1. The van der Waals surface area contributed by atoms with Crippen LogP contribution in [-0.4, -0.2) is 48.8 Å². The average Bonchev–Trinajstić information content (AvgIpc) is 2.62. The van der Waals surface area contributed by atoms with Crippen molar-refractivity contribution in [3.05, 3.63) is 59.3 Å². The molecule has 2 rings (SSSR count). The number of nitrogens with one attached hydrogen (secondary N) is 1. The Morgan fingerprint density at radius 1 is 1.12 bits per heavy atom. The zero-order valence-corrected chi connectivity index (χ0v) is 13.9. The van der Waals surface area contributed by atoms with Crippen LogP contribution in [-0.2, 0) is 11.2 Å². The lowest BCUT2D eigenvalue weighted by molar-refractivity contribution is 0.0696. The van der Waals surface area contributed by atoms with Crippen molar-refractivity contribution in [3.8, 4) is 5.88 Å². The summed E-state index contributed by atoms with van der Waals surface area (Å²) in [4.78, 5) is 27.0. The highest BCUT2D eigenvalue weighted by molar-refractivity contribution is 5.94. The van der Waals surface area contributed by atoms with Gasteiger partial charge in [-0.15, -0.1) is 0 Å². The number of carbonyl (C=O) groups is 2. The predicted octanol–water partition coefficient (Wildman–Crippen LogP) is 1.78. The van der Waals surface area contributed by atoms with E-state index in [4.69, 9.17) is 14.6 Å². The Balaban J connectivity index is 1.83. The number of hydrogen-bond donors (Lipinski definition) is 2. The summed E-state index contributed by atoms with van der Waals surface area (Å²) in [5, 5.41) is 11.7. The van der Waals surface area contributed by atoms with Crippen molar-refractivity contribution in [2.75, 3.05) is 26.9 Å². The molecular weight excluding hydrogens is 324 g/mol. The van der Waals surface area contributed by atoms with Gasteiger partial charge in [0, 0.05) is 31.5 Å². The van der Waals surface area contributed by atoms with Gasteiger partial charge in [0.1, 0.15) is 6.61 Å². The molecular formula is C18H20N2O5. The first-order valence-corrected chi connectivity index (χ1v) is 7.78. The SMILES string of the molecule is COCCOc1cc(C(=O)NCCc2ccc(C(=O)O)cc2)ccn1. The summed E-state index contributed by atoms with van der Waals surface area (Å²) in [5.41, 5.74) is 1.65. The van der Waals surface area contributed by atoms with Crippen LogP contribution in [0.3, 0.4) is 0 Å². The van der Waals surface area contributed by atoms with Crippen molar-refractivity contribution < 1.29 is 24.2 Å². The number of methoxy groups -OCH3 is 1. The van der Waals surface area contributed by atoms with Crippen LogP contribution in [0, 0.1) is 0 Å². The Bertz CT molecular complexity index is 716. The third kappa shape index (κ3) is 5.89. The third-order valence-electron chi connectivity index (χ3n) is 3.43. The van der Waals surface area contributed by atoms with Crippen molar-refractivity contribution in [2.24, 2.45) is 0 Å². The van der Waals surface area contributed by atoms with E-state index in [0.29, 0.717) is 37.6 Å². The summed E-state index contributed by atoms with van der Waals surface area (Å²) >= 11 is 0. The summed E-state index contributed by atoms with van der Waals surface area (Å²) in [6.07, 6.45) is 2.12. The molecule has 1 aromatic carbocycles. The fourth-order valence-corrected chi connectivity index (χ4v) is 2.10. The van der Waals surface area contributed by atoms with Gasteiger partial charge in [0.25, 0.3) is 5.91 Å². The molecule has 0 spiro atoms. The van der Waals surface area contributed by atoms with Gasteiger partial charge in [-0.05, 0) is 30.2 Å². The minimum Gasteiger partial charge on any atom is -0.478 e. The van der Waals surface area contributed by atoms with Crippen molar-refractivity contribution in [1.82, 2.24) is 10.3 Å². The third-order valence-corrected chi connectivity index (χ3v) is 3.43. The van der Waals surface area contributed by atoms with E-state index in [2.05, 4.69) is 10.3 Å². The summed E-state index contributed by atoms with van der Waals surface area (Å²) in [6.45, 7) is 1.24. The maximum absolute atomic E-state index is 12.2. The summed E-state index contributed by atoms with van der Waals surface area (Å²) in [6, 6.07) is 9.76. The van der Waals surface area contributed by atoms with Gasteiger partial charge in [0.05, 0.1) is 12.2 Å². The van der Waals surface area contributed by atoms with Crippen molar-refractivity contribution in [2.45, 2.75) is 6.42 Å². The molecule has 132 valence electrons. The fraction of sp³-hybridized carbons (Fsp3) is 0.278. The van der Waals surface area contributed by atoms with E-state index in [1.54, 1.807) is 43.5 Å². The molecule has 1 aromatic heterocycles. The number of carbonyl (C=O) groups excluding carboxylic acids is 1. The Morgan fingerprint density at radius 3 is 2.56 bits per heavy atom. The fourth-order valence-electron chi connectivity index (χ4n) is 2.10. The lowest BCUT2D eigenvalue weighted by atomic mass is 10.1. The number of aromatic carboxylic acids is 1. The first-order valence-electron chi connectivity index (χ1n) is 7.78. The van der Waals surface area contributed by atoms with Gasteiger partial charge in [-0.1, -0.05) is 12.1 Å². The normalized spacial score (nSPS) is 10.3. The van der Waals surface area contributed by atoms with Crippen molar-refractivity contribution >= 4 is 11.9 Å². The van der Waals surface area contributed by atoms with E-state index < -0.39 is 5.97 Å². The molecule has 2 N–H and O–H groups in total. The van der Waals surface area contributed by atoms with Gasteiger partial charge in [0.15, 0.2) is 0 Å². The molecule has 0 unspecified atom stereocenters. The molecule has 2 aromatic rings. The van der Waals surface area contributed by atoms with E-state index in [1.807, 2.05) is 0 Å². The van der Waals surface area contributed by atoms with E-state index in [1.165, 1.54) is 6.20 Å². The van der Waals surface area contributed by atoms with Gasteiger partial charge in [0.2, 0.25) is 5.88 Å². The van der Waals surface area contributed by atoms with Gasteiger partial charge < -0.3 is 19.9 Å². The minimum absolute atomic E-state index is 0.221. The van der Waals surface area contributed by atoms with Gasteiger partial charge >= 0.3 is 5.97 Å². The number of hydrogen-bond acceptors (Lipinski definition) is 5. The molecule has 1 heterocycles. The average molecular weight is 344 g/mol. The molecule has 1 amide bonds. The lowest BCUT2D eigenvalue weighted by Gasteiger charge is -2.08. The molecule has 7 nitrogen and oxygen atoms in total. The topological polar surface area (TPSA) is 97.8 Å².